The molecule has 0 aliphatic heterocycles. The van der Waals surface area contributed by atoms with Crippen LogP contribution in [0.4, 0.5) is 10.5 Å². The van der Waals surface area contributed by atoms with Crippen molar-refractivity contribution in [2.24, 2.45) is 0 Å². The van der Waals surface area contributed by atoms with E-state index in [0.29, 0.717) is 17.5 Å². The van der Waals surface area contributed by atoms with Gasteiger partial charge in [0.1, 0.15) is 11.1 Å². The number of hydrogen-bond donors (Lipinski definition) is 3. The number of para-hydroxylation sites is 1. The van der Waals surface area contributed by atoms with Crippen LogP contribution in [0.25, 0.3) is 11.0 Å². The van der Waals surface area contributed by atoms with Crippen molar-refractivity contribution in [2.45, 2.75) is 24.7 Å². The summed E-state index contributed by atoms with van der Waals surface area (Å²) in [6.45, 7) is 2.31. The lowest BCUT2D eigenvalue weighted by atomic mass is 10.1. The normalized spacial score (nSPS) is 11.1. The zero-order valence-corrected chi connectivity index (χ0v) is 17.5. The molecule has 3 amide bonds. The van der Waals surface area contributed by atoms with Crippen LogP contribution in [0.3, 0.4) is 0 Å². The van der Waals surface area contributed by atoms with E-state index in [2.05, 4.69) is 10.6 Å². The van der Waals surface area contributed by atoms with Gasteiger partial charge in [0.15, 0.2) is 0 Å². The molecule has 10 heteroatoms. The highest BCUT2D eigenvalue weighted by Crippen LogP contribution is 2.16. The molecule has 3 aromatic rings. The molecule has 31 heavy (non-hydrogen) atoms. The van der Waals surface area contributed by atoms with Gasteiger partial charge in [-0.25, -0.2) is 22.7 Å². The lowest BCUT2D eigenvalue weighted by Crippen LogP contribution is -2.39. The standard InChI is InChI=1S/C21H21N3O6S/c1-2-3-12-22-21(27)24-31(28,29)16-10-8-15(9-11-16)23-19(25)17-13-14-6-4-5-7-18(14)30-20(17)26/h4-11,13H,2-3,12H2,1H3,(H,23,25)(H2,22,24,27). The van der Waals surface area contributed by atoms with Gasteiger partial charge in [-0.05, 0) is 42.8 Å². The Morgan fingerprint density at radius 1 is 1.03 bits per heavy atom. The monoisotopic (exact) mass is 443 g/mol. The fourth-order valence-electron chi connectivity index (χ4n) is 2.73. The van der Waals surface area contributed by atoms with Crippen LogP contribution in [0.15, 0.2) is 68.7 Å². The van der Waals surface area contributed by atoms with Gasteiger partial charge in [0.05, 0.1) is 4.90 Å². The number of hydrogen-bond acceptors (Lipinski definition) is 6. The summed E-state index contributed by atoms with van der Waals surface area (Å²) in [6, 6.07) is 12.6. The molecule has 1 aromatic heterocycles. The van der Waals surface area contributed by atoms with Gasteiger partial charge in [0.2, 0.25) is 0 Å². The highest BCUT2D eigenvalue weighted by molar-refractivity contribution is 7.90. The lowest BCUT2D eigenvalue weighted by molar-refractivity contribution is 0.102. The molecule has 0 aliphatic carbocycles. The van der Waals surface area contributed by atoms with Gasteiger partial charge in [0, 0.05) is 17.6 Å². The zero-order chi connectivity index (χ0) is 22.4. The number of sulfonamides is 1. The summed E-state index contributed by atoms with van der Waals surface area (Å²) in [4.78, 5) is 36.1. The molecule has 3 rings (SSSR count). The topological polar surface area (TPSA) is 135 Å². The first kappa shape index (κ1) is 22.0. The minimum atomic E-state index is -4.06. The van der Waals surface area contributed by atoms with Gasteiger partial charge in [-0.3, -0.25) is 4.79 Å². The van der Waals surface area contributed by atoms with Crippen LogP contribution in [-0.4, -0.2) is 26.9 Å². The second kappa shape index (κ2) is 9.43. The molecule has 0 saturated heterocycles. The average Bonchev–Trinajstić information content (AvgIpc) is 2.73. The third-order valence-electron chi connectivity index (χ3n) is 4.35. The minimum absolute atomic E-state index is 0.152. The molecule has 0 bridgehead atoms. The Labute approximate surface area is 178 Å². The molecule has 0 fully saturated rings. The molecule has 0 spiro atoms. The number of benzene rings is 2. The molecule has 0 atom stereocenters. The van der Waals surface area contributed by atoms with E-state index >= 15 is 0 Å². The van der Waals surface area contributed by atoms with E-state index in [1.54, 1.807) is 24.3 Å². The van der Waals surface area contributed by atoms with Crippen LogP contribution in [0.1, 0.15) is 30.1 Å². The van der Waals surface area contributed by atoms with E-state index in [4.69, 9.17) is 4.42 Å². The van der Waals surface area contributed by atoms with Gasteiger partial charge in [-0.1, -0.05) is 31.5 Å². The summed E-state index contributed by atoms with van der Waals surface area (Å²) in [6.07, 6.45) is 1.60. The Bertz CT molecular complexity index is 1270. The van der Waals surface area contributed by atoms with Crippen molar-refractivity contribution in [2.75, 3.05) is 11.9 Å². The molecule has 0 saturated carbocycles. The fourth-order valence-corrected chi connectivity index (χ4v) is 3.66. The van der Waals surface area contributed by atoms with Crippen molar-refractivity contribution in [1.29, 1.82) is 0 Å². The van der Waals surface area contributed by atoms with Crippen LogP contribution in [-0.2, 0) is 10.0 Å². The largest absolute Gasteiger partial charge is 0.422 e. The van der Waals surface area contributed by atoms with Gasteiger partial charge in [0.25, 0.3) is 15.9 Å². The summed E-state index contributed by atoms with van der Waals surface area (Å²) < 4.78 is 31.6. The summed E-state index contributed by atoms with van der Waals surface area (Å²) in [7, 11) is -4.06. The Kier molecular flexibility index (Phi) is 6.71. The highest BCUT2D eigenvalue weighted by atomic mass is 32.2. The predicted molar refractivity (Wildman–Crippen MR) is 116 cm³/mol. The molecular weight excluding hydrogens is 422 g/mol. The Morgan fingerprint density at radius 3 is 2.45 bits per heavy atom. The fraction of sp³-hybridized carbons (Fsp3) is 0.190. The first-order chi connectivity index (χ1) is 14.8. The number of anilines is 1. The van der Waals surface area contributed by atoms with Crippen LogP contribution in [0.5, 0.6) is 0 Å². The molecule has 0 aliphatic rings. The minimum Gasteiger partial charge on any atom is -0.422 e. The van der Waals surface area contributed by atoms with Crippen molar-refractivity contribution < 1.29 is 22.4 Å². The molecule has 0 unspecified atom stereocenters. The van der Waals surface area contributed by atoms with Crippen LogP contribution in [0.2, 0.25) is 0 Å². The molecule has 1 heterocycles. The summed E-state index contributed by atoms with van der Waals surface area (Å²) in [5.41, 5.74) is -0.330. The average molecular weight is 443 g/mol. The van der Waals surface area contributed by atoms with E-state index in [1.165, 1.54) is 30.3 Å². The van der Waals surface area contributed by atoms with E-state index in [0.717, 1.165) is 12.8 Å². The highest BCUT2D eigenvalue weighted by Gasteiger charge is 2.18. The molecule has 2 aromatic carbocycles. The van der Waals surface area contributed by atoms with Crippen molar-refractivity contribution in [3.05, 3.63) is 70.6 Å². The Hall–Kier alpha value is -3.66. The predicted octanol–water partition coefficient (Wildman–Crippen LogP) is 2.83. The van der Waals surface area contributed by atoms with Gasteiger partial charge in [-0.2, -0.15) is 0 Å². The number of urea groups is 1. The van der Waals surface area contributed by atoms with Crippen LogP contribution < -0.4 is 21.0 Å². The number of fused-ring (bicyclic) bond motifs is 1. The number of carbonyl (C=O) groups is 2. The Morgan fingerprint density at radius 2 is 1.74 bits per heavy atom. The van der Waals surface area contributed by atoms with Crippen molar-refractivity contribution in [3.8, 4) is 0 Å². The second-order valence-corrected chi connectivity index (χ2v) is 8.36. The van der Waals surface area contributed by atoms with Crippen molar-refractivity contribution in [1.82, 2.24) is 10.0 Å². The van der Waals surface area contributed by atoms with E-state index < -0.39 is 27.6 Å². The third kappa shape index (κ3) is 5.48. The number of nitrogens with one attached hydrogen (secondary N) is 3. The molecule has 162 valence electrons. The number of rotatable bonds is 7. The number of carbonyl (C=O) groups excluding carboxylic acids is 2. The van der Waals surface area contributed by atoms with Crippen LogP contribution >= 0.6 is 0 Å². The Balaban J connectivity index is 1.70. The smallest absolute Gasteiger partial charge is 0.349 e. The van der Waals surface area contributed by atoms with Crippen molar-refractivity contribution >= 4 is 38.6 Å². The maximum atomic E-state index is 12.5. The maximum absolute atomic E-state index is 12.5. The zero-order valence-electron chi connectivity index (χ0n) is 16.7. The van der Waals surface area contributed by atoms with Crippen LogP contribution in [0, 0.1) is 0 Å². The van der Waals surface area contributed by atoms with Gasteiger partial charge >= 0.3 is 11.7 Å². The number of unbranched alkanes of at least 4 members (excludes halogenated alkanes) is 1. The summed E-state index contributed by atoms with van der Waals surface area (Å²) in [5, 5.41) is 5.58. The quantitative estimate of drug-likeness (QED) is 0.380. The first-order valence-electron chi connectivity index (χ1n) is 9.55. The maximum Gasteiger partial charge on any atom is 0.349 e. The molecule has 0 radical (unpaired) electrons. The molecular formula is C21H21N3O6S. The van der Waals surface area contributed by atoms with E-state index in [9.17, 15) is 22.8 Å². The first-order valence-corrected chi connectivity index (χ1v) is 11.0. The SMILES string of the molecule is CCCCNC(=O)NS(=O)(=O)c1ccc(NC(=O)c2cc3ccccc3oc2=O)cc1. The van der Waals surface area contributed by atoms with E-state index in [-0.39, 0.29) is 16.1 Å². The molecule has 3 N–H and O–H groups in total. The van der Waals surface area contributed by atoms with Crippen molar-refractivity contribution in [3.63, 3.8) is 0 Å². The lowest BCUT2D eigenvalue weighted by Gasteiger charge is -2.09. The summed E-state index contributed by atoms with van der Waals surface area (Å²) in [5.74, 6) is -0.691. The summed E-state index contributed by atoms with van der Waals surface area (Å²) >= 11 is 0. The second-order valence-electron chi connectivity index (χ2n) is 6.68. The van der Waals surface area contributed by atoms with E-state index in [1.807, 2.05) is 11.6 Å². The molecule has 9 nitrogen and oxygen atoms in total. The third-order valence-corrected chi connectivity index (χ3v) is 5.70. The van der Waals surface area contributed by atoms with Gasteiger partial charge in [-0.15, -0.1) is 0 Å². The van der Waals surface area contributed by atoms with Gasteiger partial charge < -0.3 is 15.1 Å². The number of amides is 3.